The summed E-state index contributed by atoms with van der Waals surface area (Å²) in [5.74, 6) is -0.510. The number of hydrogen-bond donors (Lipinski definition) is 3. The Morgan fingerprint density at radius 2 is 1.84 bits per heavy atom. The van der Waals surface area contributed by atoms with E-state index >= 15 is 0 Å². The van der Waals surface area contributed by atoms with Gasteiger partial charge in [0, 0.05) is 24.9 Å². The van der Waals surface area contributed by atoms with Crippen molar-refractivity contribution in [2.45, 2.75) is 30.0 Å². The Hall–Kier alpha value is -2.59. The van der Waals surface area contributed by atoms with Gasteiger partial charge >= 0.3 is 12.1 Å². The first kappa shape index (κ1) is 22.6. The predicted octanol–water partition coefficient (Wildman–Crippen LogP) is 4.74. The molecule has 0 aromatic heterocycles. The molecule has 32 heavy (non-hydrogen) atoms. The molecule has 6 nitrogen and oxygen atoms in total. The van der Waals surface area contributed by atoms with Crippen LogP contribution in [-0.4, -0.2) is 42.5 Å². The highest BCUT2D eigenvalue weighted by molar-refractivity contribution is 8.00. The highest BCUT2D eigenvalue weighted by atomic mass is 32.2. The van der Waals surface area contributed by atoms with Crippen molar-refractivity contribution in [3.63, 3.8) is 0 Å². The summed E-state index contributed by atoms with van der Waals surface area (Å²) in [4.78, 5) is 13.8. The van der Waals surface area contributed by atoms with Gasteiger partial charge in [0.2, 0.25) is 0 Å². The second-order valence-corrected chi connectivity index (χ2v) is 8.95. The average molecular weight is 468 g/mol. The molecule has 4 rings (SSSR count). The van der Waals surface area contributed by atoms with E-state index in [4.69, 9.17) is 4.74 Å². The first-order chi connectivity index (χ1) is 15.2. The molecule has 2 fully saturated rings. The fourth-order valence-corrected chi connectivity index (χ4v) is 5.28. The molecule has 10 heteroatoms. The van der Waals surface area contributed by atoms with Crippen LogP contribution in [0.3, 0.4) is 0 Å². The van der Waals surface area contributed by atoms with Crippen molar-refractivity contribution < 1.29 is 32.9 Å². The fraction of sp³-hybridized carbons (Fsp3) is 0.409. The van der Waals surface area contributed by atoms with Gasteiger partial charge in [-0.25, -0.2) is 4.79 Å². The van der Waals surface area contributed by atoms with Gasteiger partial charge in [-0.1, -0.05) is 0 Å². The molecule has 1 saturated carbocycles. The monoisotopic (exact) mass is 468 g/mol. The number of fused-ring (bicyclic) bond motifs is 2. The molecule has 2 aromatic rings. The number of benzene rings is 2. The van der Waals surface area contributed by atoms with E-state index in [-0.39, 0.29) is 29.2 Å². The Balaban J connectivity index is 1.65. The topological polar surface area (TPSA) is 82.0 Å². The highest BCUT2D eigenvalue weighted by Gasteiger charge is 2.41. The molecule has 0 radical (unpaired) electrons. The van der Waals surface area contributed by atoms with Gasteiger partial charge in [-0.2, -0.15) is 13.2 Å². The van der Waals surface area contributed by atoms with Crippen molar-refractivity contribution >= 4 is 29.3 Å². The lowest BCUT2D eigenvalue weighted by Gasteiger charge is -2.38. The van der Waals surface area contributed by atoms with Crippen LogP contribution in [0.5, 0.6) is 5.75 Å². The summed E-state index contributed by atoms with van der Waals surface area (Å²) in [6, 6.07) is 7.88. The summed E-state index contributed by atoms with van der Waals surface area (Å²) in [5.41, 5.74) is 0.141. The van der Waals surface area contributed by atoms with Crippen LogP contribution in [0.25, 0.3) is 0 Å². The van der Waals surface area contributed by atoms with Crippen molar-refractivity contribution in [3.05, 3.63) is 47.5 Å². The second-order valence-electron chi connectivity index (χ2n) is 8.10. The van der Waals surface area contributed by atoms with Crippen molar-refractivity contribution in [1.82, 2.24) is 0 Å². The van der Waals surface area contributed by atoms with Crippen LogP contribution in [0.15, 0.2) is 41.3 Å². The van der Waals surface area contributed by atoms with Crippen LogP contribution >= 0.6 is 11.9 Å². The number of anilines is 2. The maximum absolute atomic E-state index is 13.4. The molecule has 1 aliphatic heterocycles. The molecule has 2 unspecified atom stereocenters. The zero-order chi connectivity index (χ0) is 23.0. The Labute approximate surface area is 187 Å². The van der Waals surface area contributed by atoms with Crippen LogP contribution in [0.2, 0.25) is 0 Å². The van der Waals surface area contributed by atoms with Gasteiger partial charge in [0.15, 0.2) is 0 Å². The molecule has 2 atom stereocenters. The lowest BCUT2D eigenvalue weighted by atomic mass is 9.94. The highest BCUT2D eigenvalue weighted by Crippen LogP contribution is 2.43. The van der Waals surface area contributed by atoms with E-state index in [0.717, 1.165) is 36.9 Å². The van der Waals surface area contributed by atoms with Crippen LogP contribution in [0.1, 0.15) is 28.8 Å². The summed E-state index contributed by atoms with van der Waals surface area (Å²) in [6.07, 6.45) is -3.06. The summed E-state index contributed by atoms with van der Waals surface area (Å²) in [5, 5.41) is 19.6. The molecular formula is C22H23F3N2O4S. The lowest BCUT2D eigenvalue weighted by Crippen LogP contribution is -2.44. The zero-order valence-corrected chi connectivity index (χ0v) is 18.0. The maximum Gasteiger partial charge on any atom is 0.416 e. The first-order valence-corrected chi connectivity index (χ1v) is 11.0. The van der Waals surface area contributed by atoms with E-state index in [1.54, 1.807) is 0 Å². The molecule has 2 aliphatic rings. The number of rotatable bonds is 6. The maximum atomic E-state index is 13.4. The van der Waals surface area contributed by atoms with Crippen molar-refractivity contribution in [1.29, 1.82) is 0 Å². The SMILES string of the molecule is COc1ccc(C(=O)O)cc1SNc1cc(C(F)(F)F)ccc1N1CC2CCC(C1)C2O. The van der Waals surface area contributed by atoms with Gasteiger partial charge in [-0.05, 0) is 61.2 Å². The van der Waals surface area contributed by atoms with Gasteiger partial charge in [-0.3, -0.25) is 0 Å². The number of aliphatic hydroxyl groups is 1. The van der Waals surface area contributed by atoms with Crippen LogP contribution < -0.4 is 14.4 Å². The van der Waals surface area contributed by atoms with Crippen LogP contribution in [0.4, 0.5) is 24.5 Å². The molecule has 1 heterocycles. The first-order valence-electron chi connectivity index (χ1n) is 10.2. The minimum Gasteiger partial charge on any atom is -0.496 e. The Morgan fingerprint density at radius 3 is 2.44 bits per heavy atom. The molecular weight excluding hydrogens is 445 g/mol. The van der Waals surface area contributed by atoms with E-state index in [2.05, 4.69) is 4.72 Å². The van der Waals surface area contributed by atoms with E-state index in [1.807, 2.05) is 4.90 Å². The number of carboxylic acids is 1. The van der Waals surface area contributed by atoms with E-state index < -0.39 is 17.7 Å². The van der Waals surface area contributed by atoms with Crippen molar-refractivity contribution in [2.75, 3.05) is 29.8 Å². The summed E-state index contributed by atoms with van der Waals surface area (Å²) in [7, 11) is 1.43. The third-order valence-electron chi connectivity index (χ3n) is 6.13. The largest absolute Gasteiger partial charge is 0.496 e. The molecule has 3 N–H and O–H groups in total. The number of methoxy groups -OCH3 is 1. The number of aliphatic hydroxyl groups excluding tert-OH is 1. The van der Waals surface area contributed by atoms with Crippen molar-refractivity contribution in [3.8, 4) is 5.75 Å². The Kier molecular flexibility index (Phi) is 6.17. The lowest BCUT2D eigenvalue weighted by molar-refractivity contribution is -0.137. The Morgan fingerprint density at radius 1 is 1.16 bits per heavy atom. The third-order valence-corrected chi connectivity index (χ3v) is 6.99. The number of piperidine rings is 1. The number of aromatic carboxylic acids is 1. The van der Waals surface area contributed by atoms with Crippen LogP contribution in [0, 0.1) is 11.8 Å². The van der Waals surface area contributed by atoms with E-state index in [1.165, 1.54) is 31.4 Å². The normalized spacial score (nSPS) is 22.7. The quantitative estimate of drug-likeness (QED) is 0.529. The summed E-state index contributed by atoms with van der Waals surface area (Å²) < 4.78 is 48.4. The number of nitrogens with one attached hydrogen (secondary N) is 1. The summed E-state index contributed by atoms with van der Waals surface area (Å²) in [6.45, 7) is 1.14. The number of alkyl halides is 3. The molecule has 1 aliphatic carbocycles. The van der Waals surface area contributed by atoms with Gasteiger partial charge in [0.1, 0.15) is 5.75 Å². The number of carboxylic acid groups (broad SMARTS) is 1. The molecule has 172 valence electrons. The molecule has 2 aromatic carbocycles. The van der Waals surface area contributed by atoms with Gasteiger partial charge in [0.05, 0.1) is 40.6 Å². The number of nitrogens with zero attached hydrogens (tertiary/aromatic N) is 1. The van der Waals surface area contributed by atoms with E-state index in [9.17, 15) is 28.2 Å². The Bertz CT molecular complexity index is 1000. The minimum absolute atomic E-state index is 0.0426. The van der Waals surface area contributed by atoms with E-state index in [0.29, 0.717) is 29.4 Å². The standard InChI is InChI=1S/C22H23F3N2O4S/c1-31-18-7-4-12(21(29)30)8-19(18)32-26-16-9-15(22(23,24)25)5-6-17(16)27-10-13-2-3-14(11-27)20(13)28/h4-9,13-14,20,26,28H,2-3,10-11H2,1H3,(H,29,30). The van der Waals surface area contributed by atoms with Crippen LogP contribution in [-0.2, 0) is 6.18 Å². The fourth-order valence-electron chi connectivity index (χ4n) is 4.46. The second kappa shape index (κ2) is 8.74. The smallest absolute Gasteiger partial charge is 0.416 e. The number of halogens is 3. The molecule has 2 bridgehead atoms. The number of ether oxygens (including phenoxy) is 1. The minimum atomic E-state index is -4.50. The summed E-state index contributed by atoms with van der Waals surface area (Å²) >= 11 is 0.990. The molecule has 0 amide bonds. The number of hydrogen-bond acceptors (Lipinski definition) is 6. The number of carbonyl (C=O) groups is 1. The van der Waals surface area contributed by atoms with Gasteiger partial charge in [-0.15, -0.1) is 0 Å². The zero-order valence-electron chi connectivity index (χ0n) is 17.2. The van der Waals surface area contributed by atoms with Gasteiger partial charge < -0.3 is 24.6 Å². The third kappa shape index (κ3) is 4.47. The van der Waals surface area contributed by atoms with Crippen molar-refractivity contribution in [2.24, 2.45) is 11.8 Å². The average Bonchev–Trinajstić information content (AvgIpc) is 2.96. The predicted molar refractivity (Wildman–Crippen MR) is 115 cm³/mol. The molecule has 0 spiro atoms. The molecule has 1 saturated heterocycles. The van der Waals surface area contributed by atoms with Gasteiger partial charge in [0.25, 0.3) is 0 Å².